The number of thiophene rings is 1. The first-order chi connectivity index (χ1) is 17.0. The molecule has 0 saturated heterocycles. The Morgan fingerprint density at radius 1 is 1.11 bits per heavy atom. The lowest BCUT2D eigenvalue weighted by molar-refractivity contribution is -0.126. The highest BCUT2D eigenvalue weighted by Crippen LogP contribution is 2.33. The summed E-state index contributed by atoms with van der Waals surface area (Å²) >= 11 is 1.44. The van der Waals surface area contributed by atoms with Crippen molar-refractivity contribution in [2.75, 3.05) is 18.6 Å². The number of anilines is 1. The molecule has 182 valence electrons. The zero-order valence-corrected chi connectivity index (χ0v) is 20.9. The van der Waals surface area contributed by atoms with Gasteiger partial charge in [-0.15, -0.1) is 16.4 Å². The number of methoxy groups -OCH3 is 1. The molecule has 0 saturated carbocycles. The highest BCUT2D eigenvalue weighted by atomic mass is 32.1. The van der Waals surface area contributed by atoms with Gasteiger partial charge in [-0.2, -0.15) is 0 Å². The van der Waals surface area contributed by atoms with Gasteiger partial charge in [0.05, 0.1) is 12.6 Å². The second-order valence-electron chi connectivity index (χ2n) is 8.59. The van der Waals surface area contributed by atoms with Crippen LogP contribution in [0.1, 0.15) is 31.2 Å². The number of nitrogens with one attached hydrogen (secondary N) is 1. The number of rotatable bonds is 10. The van der Waals surface area contributed by atoms with Gasteiger partial charge in [0.15, 0.2) is 0 Å². The van der Waals surface area contributed by atoms with Crippen molar-refractivity contribution >= 4 is 39.9 Å². The zero-order valence-electron chi connectivity index (χ0n) is 20.0. The molecular weight excluding hydrogens is 462 g/mol. The lowest BCUT2D eigenvalue weighted by Gasteiger charge is -2.31. The molecule has 0 fully saturated rings. The number of ether oxygens (including phenoxy) is 1. The Morgan fingerprint density at radius 2 is 1.94 bits per heavy atom. The Hall–Kier alpha value is -3.72. The van der Waals surface area contributed by atoms with E-state index < -0.39 is 6.04 Å². The van der Waals surface area contributed by atoms with Gasteiger partial charge in [-0.25, -0.2) is 4.68 Å². The molecule has 2 aromatic carbocycles. The number of hydrogen-bond donors (Lipinski definition) is 1. The average molecular weight is 492 g/mol. The first-order valence-electron chi connectivity index (χ1n) is 11.5. The summed E-state index contributed by atoms with van der Waals surface area (Å²) in [5, 5.41) is 13.3. The molecule has 0 aliphatic carbocycles. The summed E-state index contributed by atoms with van der Waals surface area (Å²) in [6.45, 7) is 4.68. The summed E-state index contributed by atoms with van der Waals surface area (Å²) in [7, 11) is 1.57. The summed E-state index contributed by atoms with van der Waals surface area (Å²) < 4.78 is 6.97. The summed E-state index contributed by atoms with van der Waals surface area (Å²) in [6, 6.07) is 17.6. The van der Waals surface area contributed by atoms with Gasteiger partial charge in [-0.1, -0.05) is 43.3 Å². The van der Waals surface area contributed by atoms with E-state index in [2.05, 4.69) is 29.5 Å². The van der Waals surface area contributed by atoms with E-state index in [1.54, 1.807) is 23.9 Å². The van der Waals surface area contributed by atoms with E-state index in [9.17, 15) is 9.59 Å². The number of para-hydroxylation sites is 1. The van der Waals surface area contributed by atoms with Crippen molar-refractivity contribution in [3.63, 3.8) is 0 Å². The summed E-state index contributed by atoms with van der Waals surface area (Å²) in [4.78, 5) is 29.8. The van der Waals surface area contributed by atoms with Gasteiger partial charge in [0, 0.05) is 23.2 Å². The largest absolute Gasteiger partial charge is 0.497 e. The third kappa shape index (κ3) is 5.68. The van der Waals surface area contributed by atoms with Crippen LogP contribution in [0.15, 0.2) is 66.0 Å². The van der Waals surface area contributed by atoms with E-state index in [1.165, 1.54) is 16.2 Å². The number of benzene rings is 2. The maximum atomic E-state index is 13.9. The minimum atomic E-state index is -0.837. The Labute approximate surface area is 208 Å². The lowest BCUT2D eigenvalue weighted by atomic mass is 10.1. The smallest absolute Gasteiger partial charge is 0.249 e. The third-order valence-electron chi connectivity index (χ3n) is 5.65. The van der Waals surface area contributed by atoms with Crippen LogP contribution in [-0.4, -0.2) is 40.5 Å². The normalized spacial score (nSPS) is 12.0. The predicted octanol–water partition coefficient (Wildman–Crippen LogP) is 4.44. The standard InChI is InChI=1S/C26H29N5O3S/c1-18(2)13-14-27-26(33)25(23-12-7-15-35-23)31(19-8-6-9-20(16-19)34-3)24(32)17-30-22-11-5-4-10-21(22)28-29-30/h4-12,15-16,18,25H,13-14,17H2,1-3H3,(H,27,33). The van der Waals surface area contributed by atoms with Crippen LogP contribution in [0.5, 0.6) is 5.75 Å². The van der Waals surface area contributed by atoms with E-state index in [4.69, 9.17) is 4.74 Å². The van der Waals surface area contributed by atoms with E-state index in [0.717, 1.165) is 16.8 Å². The Morgan fingerprint density at radius 3 is 2.69 bits per heavy atom. The van der Waals surface area contributed by atoms with Crippen molar-refractivity contribution < 1.29 is 14.3 Å². The number of carbonyl (C=O) groups is 2. The van der Waals surface area contributed by atoms with Crippen LogP contribution in [0.25, 0.3) is 11.0 Å². The van der Waals surface area contributed by atoms with Crippen LogP contribution in [0.2, 0.25) is 0 Å². The molecule has 1 atom stereocenters. The quantitative estimate of drug-likeness (QED) is 0.354. The first-order valence-corrected chi connectivity index (χ1v) is 12.4. The second-order valence-corrected chi connectivity index (χ2v) is 9.57. The SMILES string of the molecule is COc1cccc(N(C(=O)Cn2nnc3ccccc32)C(C(=O)NCCC(C)C)c2cccs2)c1. The van der Waals surface area contributed by atoms with Crippen molar-refractivity contribution in [1.29, 1.82) is 0 Å². The van der Waals surface area contributed by atoms with Crippen molar-refractivity contribution in [3.8, 4) is 5.75 Å². The number of hydrogen-bond acceptors (Lipinski definition) is 6. The second kappa shape index (κ2) is 11.1. The van der Waals surface area contributed by atoms with Gasteiger partial charge < -0.3 is 10.1 Å². The Balaban J connectivity index is 1.73. The highest BCUT2D eigenvalue weighted by molar-refractivity contribution is 7.10. The molecule has 0 bridgehead atoms. The molecule has 1 N–H and O–H groups in total. The minimum absolute atomic E-state index is 0.0706. The summed E-state index contributed by atoms with van der Waals surface area (Å²) in [6.07, 6.45) is 0.848. The van der Waals surface area contributed by atoms with Crippen LogP contribution < -0.4 is 15.0 Å². The Bertz CT molecular complexity index is 1290. The minimum Gasteiger partial charge on any atom is -0.497 e. The maximum absolute atomic E-state index is 13.9. The molecule has 0 aliphatic rings. The number of fused-ring (bicyclic) bond motifs is 1. The van der Waals surface area contributed by atoms with E-state index in [1.807, 2.05) is 53.9 Å². The number of amides is 2. The van der Waals surface area contributed by atoms with Gasteiger partial charge >= 0.3 is 0 Å². The van der Waals surface area contributed by atoms with Gasteiger partial charge in [-0.3, -0.25) is 14.5 Å². The fraction of sp³-hybridized carbons (Fsp3) is 0.308. The molecule has 2 amide bonds. The topological polar surface area (TPSA) is 89.3 Å². The van der Waals surface area contributed by atoms with E-state index >= 15 is 0 Å². The molecule has 1 unspecified atom stereocenters. The lowest BCUT2D eigenvalue weighted by Crippen LogP contribution is -2.45. The Kier molecular flexibility index (Phi) is 7.77. The molecule has 35 heavy (non-hydrogen) atoms. The summed E-state index contributed by atoms with van der Waals surface area (Å²) in [5.41, 5.74) is 2.02. The van der Waals surface area contributed by atoms with E-state index in [-0.39, 0.29) is 18.4 Å². The molecule has 2 aromatic heterocycles. The summed E-state index contributed by atoms with van der Waals surface area (Å²) in [5.74, 6) is 0.530. The van der Waals surface area contributed by atoms with Crippen LogP contribution >= 0.6 is 11.3 Å². The van der Waals surface area contributed by atoms with Crippen molar-refractivity contribution in [3.05, 3.63) is 70.9 Å². The van der Waals surface area contributed by atoms with Gasteiger partial charge in [0.25, 0.3) is 0 Å². The van der Waals surface area contributed by atoms with Crippen LogP contribution in [0.4, 0.5) is 5.69 Å². The van der Waals surface area contributed by atoms with Crippen molar-refractivity contribution in [2.24, 2.45) is 5.92 Å². The maximum Gasteiger partial charge on any atom is 0.249 e. The molecular formula is C26H29N5O3S. The number of aromatic nitrogens is 3. The average Bonchev–Trinajstić information content (AvgIpc) is 3.52. The van der Waals surface area contributed by atoms with Gasteiger partial charge in [0.2, 0.25) is 11.8 Å². The van der Waals surface area contributed by atoms with Crippen molar-refractivity contribution in [2.45, 2.75) is 32.9 Å². The van der Waals surface area contributed by atoms with Gasteiger partial charge in [-0.05, 0) is 48.1 Å². The molecule has 0 spiro atoms. The van der Waals surface area contributed by atoms with Crippen molar-refractivity contribution in [1.82, 2.24) is 20.3 Å². The molecule has 8 nitrogen and oxygen atoms in total. The van der Waals surface area contributed by atoms with Crippen LogP contribution in [0, 0.1) is 5.92 Å². The first kappa shape index (κ1) is 24.4. The monoisotopic (exact) mass is 491 g/mol. The molecule has 0 aliphatic heterocycles. The molecule has 4 rings (SSSR count). The van der Waals surface area contributed by atoms with Crippen LogP contribution in [0.3, 0.4) is 0 Å². The number of carbonyl (C=O) groups excluding carboxylic acids is 2. The number of nitrogens with zero attached hydrogens (tertiary/aromatic N) is 4. The fourth-order valence-corrected chi connectivity index (χ4v) is 4.65. The molecule has 0 radical (unpaired) electrons. The fourth-order valence-electron chi connectivity index (χ4n) is 3.84. The third-order valence-corrected chi connectivity index (χ3v) is 6.57. The molecule has 9 heteroatoms. The predicted molar refractivity (Wildman–Crippen MR) is 138 cm³/mol. The van der Waals surface area contributed by atoms with Crippen LogP contribution in [-0.2, 0) is 16.1 Å². The highest BCUT2D eigenvalue weighted by Gasteiger charge is 2.34. The zero-order chi connectivity index (χ0) is 24.8. The van der Waals surface area contributed by atoms with Gasteiger partial charge in [0.1, 0.15) is 23.9 Å². The molecule has 4 aromatic rings. The molecule has 2 heterocycles. The van der Waals surface area contributed by atoms with E-state index in [0.29, 0.717) is 29.4 Å².